The Morgan fingerprint density at radius 2 is 1.73 bits per heavy atom. The maximum Gasteiger partial charge on any atom is 0.0490 e. The predicted molar refractivity (Wildman–Crippen MR) is 50.0 cm³/mol. The van der Waals surface area contributed by atoms with Crippen LogP contribution in [0.5, 0.6) is 0 Å². The van der Waals surface area contributed by atoms with Crippen LogP contribution in [0.2, 0.25) is 0 Å². The Bertz CT molecular complexity index is 298. The molecule has 1 aromatic carbocycles. The number of para-hydroxylation sites is 1. The Morgan fingerprint density at radius 1 is 1.18 bits per heavy atom. The van der Waals surface area contributed by atoms with E-state index in [1.54, 1.807) is 24.3 Å². The molecule has 1 aromatic rings. The third-order valence-corrected chi connectivity index (χ3v) is 1.46. The molecule has 0 aliphatic carbocycles. The highest BCUT2D eigenvalue weighted by Crippen LogP contribution is 2.11. The molecular formula is C10H15N. The van der Waals surface area contributed by atoms with E-state index in [1.165, 1.54) is 13.8 Å². The van der Waals surface area contributed by atoms with E-state index in [-0.39, 0.29) is 0 Å². The minimum Gasteiger partial charge on any atom is -0.372 e. The summed E-state index contributed by atoms with van der Waals surface area (Å²) in [6, 6.07) is 8.74. The summed E-state index contributed by atoms with van der Waals surface area (Å²) >= 11 is 0. The Balaban J connectivity index is 3.15. The average molecular weight is 153 g/mol. The smallest absolute Gasteiger partial charge is 0.0490 e. The summed E-state index contributed by atoms with van der Waals surface area (Å²) in [7, 11) is 0. The Labute approximate surface area is 74.3 Å². The number of nitrogens with zero attached hydrogens (tertiary/aromatic N) is 1. The van der Waals surface area contributed by atoms with Crippen LogP contribution >= 0.6 is 0 Å². The first-order valence-corrected chi connectivity index (χ1v) is 3.58. The van der Waals surface area contributed by atoms with E-state index < -0.39 is 13.0 Å². The fourth-order valence-electron chi connectivity index (χ4n) is 0.947. The van der Waals surface area contributed by atoms with Crippen molar-refractivity contribution in [3.63, 3.8) is 0 Å². The van der Waals surface area contributed by atoms with Gasteiger partial charge in [-0.05, 0) is 26.0 Å². The molecule has 0 aliphatic heterocycles. The molecule has 60 valence electrons. The highest BCUT2D eigenvalue weighted by Gasteiger charge is 1.97. The normalized spacial score (nSPS) is 17.6. The summed E-state index contributed by atoms with van der Waals surface area (Å²) in [4.78, 5) is 1.12. The van der Waals surface area contributed by atoms with Crippen molar-refractivity contribution in [3.8, 4) is 0 Å². The third kappa shape index (κ3) is 1.97. The highest BCUT2D eigenvalue weighted by molar-refractivity contribution is 5.45. The third-order valence-electron chi connectivity index (χ3n) is 1.46. The van der Waals surface area contributed by atoms with E-state index in [2.05, 4.69) is 0 Å². The molecule has 0 aromatic heterocycles. The first kappa shape index (κ1) is 4.15. The van der Waals surface area contributed by atoms with Gasteiger partial charge >= 0.3 is 0 Å². The molecule has 0 amide bonds. The zero-order valence-corrected chi connectivity index (χ0v) is 6.83. The number of benzene rings is 1. The molecule has 0 N–H and O–H groups in total. The van der Waals surface area contributed by atoms with Gasteiger partial charge in [-0.25, -0.2) is 0 Å². The van der Waals surface area contributed by atoms with Crippen LogP contribution in [0, 0.1) is 0 Å². The first-order valence-electron chi connectivity index (χ1n) is 5.58. The molecule has 0 unspecified atom stereocenters. The van der Waals surface area contributed by atoms with Crippen LogP contribution < -0.4 is 4.90 Å². The number of hydrogen-bond acceptors (Lipinski definition) is 1. The topological polar surface area (TPSA) is 3.24 Å². The number of anilines is 1. The molecule has 0 saturated carbocycles. The van der Waals surface area contributed by atoms with Crippen molar-refractivity contribution >= 4 is 5.69 Å². The lowest BCUT2D eigenvalue weighted by Gasteiger charge is -2.20. The molecule has 1 nitrogen and oxygen atoms in total. The van der Waals surface area contributed by atoms with Crippen LogP contribution in [0.25, 0.3) is 0 Å². The zero-order valence-electron chi connectivity index (χ0n) is 10.8. The van der Waals surface area contributed by atoms with Crippen LogP contribution in [0.4, 0.5) is 5.69 Å². The van der Waals surface area contributed by atoms with Gasteiger partial charge < -0.3 is 4.90 Å². The van der Waals surface area contributed by atoms with Gasteiger partial charge in [0.25, 0.3) is 0 Å². The van der Waals surface area contributed by atoms with Gasteiger partial charge in [-0.2, -0.15) is 0 Å². The van der Waals surface area contributed by atoms with Crippen molar-refractivity contribution in [3.05, 3.63) is 30.3 Å². The zero-order chi connectivity index (χ0) is 11.7. The van der Waals surface area contributed by atoms with Crippen molar-refractivity contribution in [1.29, 1.82) is 0 Å². The van der Waals surface area contributed by atoms with Gasteiger partial charge in [0, 0.05) is 24.2 Å². The summed E-state index contributed by atoms with van der Waals surface area (Å²) in [5.74, 6) is 0. The van der Waals surface area contributed by atoms with E-state index in [0.29, 0.717) is 5.69 Å². The molecule has 0 aliphatic rings. The number of hydrogen-bond donors (Lipinski definition) is 0. The van der Waals surface area contributed by atoms with Gasteiger partial charge in [-0.3, -0.25) is 0 Å². The Morgan fingerprint density at radius 3 is 2.18 bits per heavy atom. The second kappa shape index (κ2) is 4.02. The lowest BCUT2D eigenvalue weighted by Crippen LogP contribution is -2.21. The average Bonchev–Trinajstić information content (AvgIpc) is 2.00. The predicted octanol–water partition coefficient (Wildman–Crippen LogP) is 2.53. The molecule has 0 atom stereocenters. The van der Waals surface area contributed by atoms with Gasteiger partial charge in [0.2, 0.25) is 0 Å². The van der Waals surface area contributed by atoms with Crippen LogP contribution in [0.3, 0.4) is 0 Å². The minimum absolute atomic E-state index is 0.539. The van der Waals surface area contributed by atoms with Gasteiger partial charge in [-0.1, -0.05) is 18.2 Å². The van der Waals surface area contributed by atoms with E-state index >= 15 is 0 Å². The SMILES string of the molecule is [2H]C([2H])(C)N(c1ccccc1)C([2H])([2H])C. The lowest BCUT2D eigenvalue weighted by molar-refractivity contribution is 0.866. The standard InChI is InChI=1S/C10H15N/c1-3-11(4-2)10-8-6-5-7-9-10/h5-9H,3-4H2,1-2H3/i3D2,4D2. The molecule has 11 heavy (non-hydrogen) atoms. The van der Waals surface area contributed by atoms with Crippen molar-refractivity contribution in [1.82, 2.24) is 0 Å². The lowest BCUT2D eigenvalue weighted by atomic mass is 10.3. The molecule has 0 radical (unpaired) electrons. The minimum atomic E-state index is -1.74. The van der Waals surface area contributed by atoms with E-state index in [0.717, 1.165) is 4.90 Å². The highest BCUT2D eigenvalue weighted by atomic mass is 15.1. The van der Waals surface area contributed by atoms with Gasteiger partial charge in [0.05, 0.1) is 0 Å². The molecule has 0 heterocycles. The molecule has 0 fully saturated rings. The van der Waals surface area contributed by atoms with Gasteiger partial charge in [0.1, 0.15) is 0 Å². The fourth-order valence-corrected chi connectivity index (χ4v) is 0.947. The van der Waals surface area contributed by atoms with Crippen molar-refractivity contribution in [2.45, 2.75) is 13.8 Å². The van der Waals surface area contributed by atoms with Gasteiger partial charge in [0.15, 0.2) is 0 Å². The second-order valence-electron chi connectivity index (χ2n) is 2.12. The Hall–Kier alpha value is -0.980. The van der Waals surface area contributed by atoms with Gasteiger partial charge in [-0.15, -0.1) is 0 Å². The van der Waals surface area contributed by atoms with Crippen LogP contribution in [-0.2, 0) is 0 Å². The van der Waals surface area contributed by atoms with Crippen LogP contribution in [-0.4, -0.2) is 13.0 Å². The molecule has 1 rings (SSSR count). The maximum atomic E-state index is 7.63. The first-order chi connectivity index (χ1) is 6.73. The van der Waals surface area contributed by atoms with Crippen molar-refractivity contribution in [2.75, 3.05) is 17.9 Å². The summed E-state index contributed by atoms with van der Waals surface area (Å²) in [5.41, 5.74) is 0.539. The Kier molecular flexibility index (Phi) is 1.51. The van der Waals surface area contributed by atoms with E-state index in [1.807, 2.05) is 6.07 Å². The van der Waals surface area contributed by atoms with Crippen LogP contribution in [0.1, 0.15) is 19.3 Å². The molecule has 0 saturated heterocycles. The van der Waals surface area contributed by atoms with Crippen LogP contribution in [0.15, 0.2) is 30.3 Å². The summed E-state index contributed by atoms with van der Waals surface area (Å²) in [5, 5.41) is 0. The van der Waals surface area contributed by atoms with E-state index in [4.69, 9.17) is 5.48 Å². The summed E-state index contributed by atoms with van der Waals surface area (Å²) in [6.45, 7) is -0.776. The molecule has 0 spiro atoms. The number of rotatable bonds is 3. The molecular weight excluding hydrogens is 134 g/mol. The quantitative estimate of drug-likeness (QED) is 0.645. The summed E-state index contributed by atoms with van der Waals surface area (Å²) < 4.78 is 30.5. The summed E-state index contributed by atoms with van der Waals surface area (Å²) in [6.07, 6.45) is 0. The molecule has 1 heteroatoms. The van der Waals surface area contributed by atoms with E-state index in [9.17, 15) is 0 Å². The fraction of sp³-hybridized carbons (Fsp3) is 0.400. The maximum absolute atomic E-state index is 7.63. The molecule has 0 bridgehead atoms. The second-order valence-corrected chi connectivity index (χ2v) is 2.12. The largest absolute Gasteiger partial charge is 0.372 e. The van der Waals surface area contributed by atoms with Crippen molar-refractivity contribution in [2.24, 2.45) is 0 Å². The van der Waals surface area contributed by atoms with Crippen molar-refractivity contribution < 1.29 is 5.48 Å². The monoisotopic (exact) mass is 153 g/mol.